The fourth-order valence-corrected chi connectivity index (χ4v) is 4.66. The SMILES string of the molecule is CCOC(=O)C(=NOCCF)c1csc(NC(c2ccccc2)(c2ccccc2)c2ccccc2)n1. The number of ether oxygens (including phenoxy) is 1. The molecule has 36 heavy (non-hydrogen) atoms. The van der Waals surface area contributed by atoms with Gasteiger partial charge in [-0.3, -0.25) is 0 Å². The van der Waals surface area contributed by atoms with Crippen molar-refractivity contribution in [3.05, 3.63) is 119 Å². The zero-order valence-electron chi connectivity index (χ0n) is 19.8. The van der Waals surface area contributed by atoms with E-state index in [-0.39, 0.29) is 24.6 Å². The van der Waals surface area contributed by atoms with Crippen molar-refractivity contribution in [1.29, 1.82) is 0 Å². The van der Waals surface area contributed by atoms with E-state index in [1.807, 2.05) is 54.6 Å². The number of halogens is 1. The summed E-state index contributed by atoms with van der Waals surface area (Å²) < 4.78 is 17.6. The predicted octanol–water partition coefficient (Wildman–Crippen LogP) is 5.80. The second-order valence-corrected chi connectivity index (χ2v) is 8.55. The molecule has 184 valence electrons. The molecule has 1 aromatic heterocycles. The molecule has 0 aliphatic heterocycles. The Bertz CT molecular complexity index is 1180. The number of esters is 1. The molecule has 0 aliphatic rings. The Hall–Kier alpha value is -4.04. The molecule has 0 atom stereocenters. The van der Waals surface area contributed by atoms with E-state index in [1.54, 1.807) is 12.3 Å². The number of carbonyl (C=O) groups is 1. The lowest BCUT2D eigenvalue weighted by Gasteiger charge is -2.36. The molecule has 0 spiro atoms. The highest BCUT2D eigenvalue weighted by Crippen LogP contribution is 2.40. The molecule has 0 radical (unpaired) electrons. The third-order valence-corrected chi connectivity index (χ3v) is 6.21. The van der Waals surface area contributed by atoms with Crippen LogP contribution >= 0.6 is 11.3 Å². The van der Waals surface area contributed by atoms with E-state index in [1.165, 1.54) is 11.3 Å². The molecule has 0 bridgehead atoms. The number of nitrogens with one attached hydrogen (secondary N) is 1. The van der Waals surface area contributed by atoms with Gasteiger partial charge in [-0.2, -0.15) is 0 Å². The van der Waals surface area contributed by atoms with Crippen molar-refractivity contribution in [2.45, 2.75) is 12.5 Å². The summed E-state index contributed by atoms with van der Waals surface area (Å²) in [5, 5.41) is 9.72. The number of hydrogen-bond donors (Lipinski definition) is 1. The summed E-state index contributed by atoms with van der Waals surface area (Å²) in [4.78, 5) is 22.1. The number of anilines is 1. The van der Waals surface area contributed by atoms with Crippen molar-refractivity contribution in [2.75, 3.05) is 25.2 Å². The number of oxime groups is 1. The first-order valence-corrected chi connectivity index (χ1v) is 12.4. The van der Waals surface area contributed by atoms with Gasteiger partial charge >= 0.3 is 5.97 Å². The van der Waals surface area contributed by atoms with E-state index >= 15 is 0 Å². The Morgan fingerprint density at radius 1 is 0.944 bits per heavy atom. The summed E-state index contributed by atoms with van der Waals surface area (Å²) in [6.07, 6.45) is 0. The average molecular weight is 504 g/mol. The molecule has 3 aromatic carbocycles. The van der Waals surface area contributed by atoms with Crippen LogP contribution in [0.3, 0.4) is 0 Å². The first-order chi connectivity index (χ1) is 17.7. The molecule has 0 saturated carbocycles. The van der Waals surface area contributed by atoms with Gasteiger partial charge in [-0.05, 0) is 23.6 Å². The molecule has 0 aliphatic carbocycles. The first kappa shape index (κ1) is 25.1. The van der Waals surface area contributed by atoms with Crippen LogP contribution in [0, 0.1) is 0 Å². The number of thiazole rings is 1. The van der Waals surface area contributed by atoms with Crippen LogP contribution in [0.2, 0.25) is 0 Å². The highest BCUT2D eigenvalue weighted by atomic mass is 32.1. The Kier molecular flexibility index (Phi) is 8.41. The van der Waals surface area contributed by atoms with Crippen LogP contribution in [0.1, 0.15) is 29.3 Å². The lowest BCUT2D eigenvalue weighted by molar-refractivity contribution is -0.135. The topological polar surface area (TPSA) is 72.8 Å². The Labute approximate surface area is 213 Å². The van der Waals surface area contributed by atoms with E-state index in [2.05, 4.69) is 51.9 Å². The van der Waals surface area contributed by atoms with Gasteiger partial charge < -0.3 is 14.9 Å². The van der Waals surface area contributed by atoms with Crippen LogP contribution in [0.15, 0.2) is 102 Å². The van der Waals surface area contributed by atoms with Crippen LogP contribution in [0.4, 0.5) is 9.52 Å². The highest BCUT2D eigenvalue weighted by molar-refractivity contribution is 7.14. The third kappa shape index (κ3) is 5.44. The standard InChI is InChI=1S/C28H26FN3O3S/c1-2-34-26(33)25(32-35-19-18-29)24-20-36-27(30-24)31-28(21-12-6-3-7-13-21,22-14-8-4-9-15-22)23-16-10-5-11-17-23/h3-17,20H,2,18-19H2,1H3,(H,30,31). The van der Waals surface area contributed by atoms with Gasteiger partial charge in [0.1, 0.15) is 24.5 Å². The summed E-state index contributed by atoms with van der Waals surface area (Å²) in [6, 6.07) is 30.3. The largest absolute Gasteiger partial charge is 0.461 e. The van der Waals surface area contributed by atoms with Crippen LogP contribution in [-0.4, -0.2) is 36.6 Å². The highest BCUT2D eigenvalue weighted by Gasteiger charge is 2.37. The van der Waals surface area contributed by atoms with Crippen molar-refractivity contribution in [2.24, 2.45) is 5.16 Å². The van der Waals surface area contributed by atoms with Gasteiger partial charge in [0.05, 0.1) is 6.61 Å². The summed E-state index contributed by atoms with van der Waals surface area (Å²) in [5.74, 6) is -0.686. The van der Waals surface area contributed by atoms with Crippen LogP contribution in [0.25, 0.3) is 0 Å². The maximum Gasteiger partial charge on any atom is 0.362 e. The van der Waals surface area contributed by atoms with Crippen molar-refractivity contribution in [1.82, 2.24) is 4.98 Å². The minimum absolute atomic E-state index is 0.112. The number of rotatable bonds is 11. The van der Waals surface area contributed by atoms with Crippen LogP contribution in [0.5, 0.6) is 0 Å². The lowest BCUT2D eigenvalue weighted by Crippen LogP contribution is -2.38. The summed E-state index contributed by atoms with van der Waals surface area (Å²) >= 11 is 1.32. The van der Waals surface area contributed by atoms with Crippen LogP contribution in [-0.2, 0) is 19.9 Å². The van der Waals surface area contributed by atoms with Gasteiger partial charge in [-0.25, -0.2) is 14.2 Å². The van der Waals surface area contributed by atoms with Gasteiger partial charge in [0.25, 0.3) is 0 Å². The van der Waals surface area contributed by atoms with E-state index < -0.39 is 18.2 Å². The smallest absolute Gasteiger partial charge is 0.362 e. The normalized spacial score (nSPS) is 11.7. The van der Waals surface area contributed by atoms with Crippen molar-refractivity contribution in [3.63, 3.8) is 0 Å². The number of nitrogens with zero attached hydrogens (tertiary/aromatic N) is 2. The Balaban J connectivity index is 1.82. The molecule has 0 amide bonds. The fourth-order valence-electron chi connectivity index (χ4n) is 3.91. The molecular formula is C28H26FN3O3S. The molecule has 1 heterocycles. The first-order valence-electron chi connectivity index (χ1n) is 11.5. The van der Waals surface area contributed by atoms with Crippen LogP contribution < -0.4 is 5.32 Å². The zero-order chi connectivity index (χ0) is 25.2. The van der Waals surface area contributed by atoms with Gasteiger partial charge in [0, 0.05) is 5.38 Å². The number of hydrogen-bond acceptors (Lipinski definition) is 7. The molecular weight excluding hydrogens is 477 g/mol. The van der Waals surface area contributed by atoms with Crippen molar-refractivity contribution in [3.8, 4) is 0 Å². The van der Waals surface area contributed by atoms with Gasteiger partial charge in [0.15, 0.2) is 5.13 Å². The van der Waals surface area contributed by atoms with E-state index in [4.69, 9.17) is 9.57 Å². The summed E-state index contributed by atoms with van der Waals surface area (Å²) in [6.45, 7) is 0.865. The third-order valence-electron chi connectivity index (χ3n) is 5.45. The number of aromatic nitrogens is 1. The van der Waals surface area contributed by atoms with Gasteiger partial charge in [-0.15, -0.1) is 11.3 Å². The zero-order valence-corrected chi connectivity index (χ0v) is 20.6. The van der Waals surface area contributed by atoms with Gasteiger partial charge in [0.2, 0.25) is 5.71 Å². The molecule has 4 aromatic rings. The molecule has 6 nitrogen and oxygen atoms in total. The Morgan fingerprint density at radius 3 is 1.94 bits per heavy atom. The Morgan fingerprint density at radius 2 is 1.47 bits per heavy atom. The van der Waals surface area contributed by atoms with E-state index in [0.29, 0.717) is 5.13 Å². The maximum absolute atomic E-state index is 12.5. The molecule has 8 heteroatoms. The minimum Gasteiger partial charge on any atom is -0.461 e. The fraction of sp³-hybridized carbons (Fsp3) is 0.179. The quantitative estimate of drug-likeness (QED) is 0.0921. The maximum atomic E-state index is 12.5. The second kappa shape index (κ2) is 12.1. The molecule has 1 N–H and O–H groups in total. The number of carbonyl (C=O) groups excluding carboxylic acids is 1. The minimum atomic E-state index is -0.773. The van der Waals surface area contributed by atoms with Gasteiger partial charge in [-0.1, -0.05) is 96.2 Å². The molecule has 0 fully saturated rings. The van der Waals surface area contributed by atoms with E-state index in [0.717, 1.165) is 16.7 Å². The number of alkyl halides is 1. The van der Waals surface area contributed by atoms with Crippen molar-refractivity contribution < 1.29 is 18.8 Å². The number of benzene rings is 3. The molecule has 4 rings (SSSR count). The average Bonchev–Trinajstić information content (AvgIpc) is 3.39. The second-order valence-electron chi connectivity index (χ2n) is 7.69. The van der Waals surface area contributed by atoms with Crippen molar-refractivity contribution >= 4 is 28.1 Å². The molecule has 0 unspecified atom stereocenters. The van der Waals surface area contributed by atoms with E-state index in [9.17, 15) is 9.18 Å². The molecule has 0 saturated heterocycles. The lowest BCUT2D eigenvalue weighted by atomic mass is 9.77. The summed E-state index contributed by atoms with van der Waals surface area (Å²) in [7, 11) is 0. The summed E-state index contributed by atoms with van der Waals surface area (Å²) in [5.41, 5.74) is 2.45. The predicted molar refractivity (Wildman–Crippen MR) is 140 cm³/mol. The monoisotopic (exact) mass is 503 g/mol.